The van der Waals surface area contributed by atoms with Crippen molar-refractivity contribution in [3.05, 3.63) is 0 Å². The summed E-state index contributed by atoms with van der Waals surface area (Å²) in [6, 6.07) is -1.24. The zero-order valence-electron chi connectivity index (χ0n) is 13.9. The Morgan fingerprint density at radius 1 is 1.32 bits per heavy atom. The molecule has 0 saturated carbocycles. The van der Waals surface area contributed by atoms with Crippen molar-refractivity contribution in [1.29, 1.82) is 0 Å². The number of nitrogens with two attached hydrogens (primary N) is 1. The molecule has 1 aliphatic rings. The van der Waals surface area contributed by atoms with Gasteiger partial charge in [-0.1, -0.05) is 13.8 Å². The number of nitrogens with one attached hydrogen (secondary N) is 2. The number of ether oxygens (including phenoxy) is 1. The lowest BCUT2D eigenvalue weighted by Gasteiger charge is -2.32. The molecule has 22 heavy (non-hydrogen) atoms. The second-order valence-electron chi connectivity index (χ2n) is 6.25. The number of hydrogen-bond donors (Lipinski definition) is 3. The van der Waals surface area contributed by atoms with Crippen LogP contribution in [0.25, 0.3) is 0 Å². The van der Waals surface area contributed by atoms with Crippen LogP contribution in [-0.4, -0.2) is 62.8 Å². The van der Waals surface area contributed by atoms with Crippen LogP contribution in [0.4, 0.5) is 4.79 Å². The van der Waals surface area contributed by atoms with E-state index in [2.05, 4.69) is 15.5 Å². The topological polar surface area (TPSA) is 96.7 Å². The van der Waals surface area contributed by atoms with E-state index < -0.39 is 12.1 Å². The van der Waals surface area contributed by atoms with Crippen molar-refractivity contribution in [2.75, 3.05) is 39.9 Å². The van der Waals surface area contributed by atoms with E-state index in [-0.39, 0.29) is 11.8 Å². The minimum Gasteiger partial charge on any atom is -0.383 e. The van der Waals surface area contributed by atoms with Crippen molar-refractivity contribution in [2.24, 2.45) is 17.6 Å². The SMILES string of the molecule is COCCN1CCC(CNC(=O)C(NC(N)=O)C(C)C)CC1. The molecule has 0 aliphatic carbocycles. The van der Waals surface area contributed by atoms with Crippen LogP contribution in [-0.2, 0) is 9.53 Å². The van der Waals surface area contributed by atoms with Crippen molar-refractivity contribution in [3.8, 4) is 0 Å². The summed E-state index contributed by atoms with van der Waals surface area (Å²) < 4.78 is 5.09. The molecule has 128 valence electrons. The lowest BCUT2D eigenvalue weighted by Crippen LogP contribution is -2.52. The van der Waals surface area contributed by atoms with Gasteiger partial charge in [0.25, 0.3) is 0 Å². The molecule has 1 saturated heterocycles. The summed E-state index contributed by atoms with van der Waals surface area (Å²) in [6.45, 7) is 8.22. The third-order valence-corrected chi connectivity index (χ3v) is 4.13. The monoisotopic (exact) mass is 314 g/mol. The molecule has 0 aromatic heterocycles. The van der Waals surface area contributed by atoms with Gasteiger partial charge in [0.15, 0.2) is 0 Å². The van der Waals surface area contributed by atoms with E-state index in [1.165, 1.54) is 0 Å². The summed E-state index contributed by atoms with van der Waals surface area (Å²) in [7, 11) is 1.72. The Balaban J connectivity index is 2.30. The molecule has 7 nitrogen and oxygen atoms in total. The minimum absolute atomic E-state index is 0.00314. The van der Waals surface area contributed by atoms with Crippen molar-refractivity contribution < 1.29 is 14.3 Å². The molecular weight excluding hydrogens is 284 g/mol. The quantitative estimate of drug-likeness (QED) is 0.594. The van der Waals surface area contributed by atoms with E-state index in [0.717, 1.165) is 39.1 Å². The highest BCUT2D eigenvalue weighted by molar-refractivity contribution is 5.86. The molecule has 0 bridgehead atoms. The van der Waals surface area contributed by atoms with Crippen molar-refractivity contribution in [2.45, 2.75) is 32.7 Å². The van der Waals surface area contributed by atoms with E-state index in [0.29, 0.717) is 12.5 Å². The molecule has 7 heteroatoms. The number of rotatable bonds is 8. The summed E-state index contributed by atoms with van der Waals surface area (Å²) in [6.07, 6.45) is 2.14. The lowest BCUT2D eigenvalue weighted by molar-refractivity contribution is -0.124. The summed E-state index contributed by atoms with van der Waals surface area (Å²) in [5.74, 6) is 0.336. The summed E-state index contributed by atoms with van der Waals surface area (Å²) in [5.41, 5.74) is 5.12. The smallest absolute Gasteiger partial charge is 0.312 e. The van der Waals surface area contributed by atoms with E-state index in [4.69, 9.17) is 10.5 Å². The van der Waals surface area contributed by atoms with Crippen LogP contribution in [0.15, 0.2) is 0 Å². The van der Waals surface area contributed by atoms with Gasteiger partial charge in [0.1, 0.15) is 6.04 Å². The third-order valence-electron chi connectivity index (χ3n) is 4.13. The highest BCUT2D eigenvalue weighted by Gasteiger charge is 2.25. The number of carbonyl (C=O) groups excluding carboxylic acids is 2. The van der Waals surface area contributed by atoms with Crippen molar-refractivity contribution in [3.63, 3.8) is 0 Å². The molecule has 1 unspecified atom stereocenters. The Labute approximate surface area is 132 Å². The average molecular weight is 314 g/mol. The molecule has 4 N–H and O–H groups in total. The molecule has 1 fully saturated rings. The number of urea groups is 1. The Kier molecular flexibility index (Phi) is 8.19. The number of amides is 3. The summed E-state index contributed by atoms with van der Waals surface area (Å²) in [5, 5.41) is 5.45. The van der Waals surface area contributed by atoms with Gasteiger partial charge in [-0.25, -0.2) is 4.79 Å². The zero-order valence-corrected chi connectivity index (χ0v) is 13.9. The highest BCUT2D eigenvalue weighted by atomic mass is 16.5. The van der Waals surface area contributed by atoms with Gasteiger partial charge in [-0.05, 0) is 37.8 Å². The van der Waals surface area contributed by atoms with Crippen molar-refractivity contribution >= 4 is 11.9 Å². The predicted octanol–water partition coefficient (Wildman–Crippen LogP) is 0.154. The number of likely N-dealkylation sites (tertiary alicyclic amines) is 1. The second kappa shape index (κ2) is 9.63. The van der Waals surface area contributed by atoms with Gasteiger partial charge in [-0.15, -0.1) is 0 Å². The van der Waals surface area contributed by atoms with Crippen LogP contribution < -0.4 is 16.4 Å². The van der Waals surface area contributed by atoms with Crippen LogP contribution in [0.2, 0.25) is 0 Å². The first-order valence-electron chi connectivity index (χ1n) is 7.99. The number of piperidine rings is 1. The first-order chi connectivity index (χ1) is 10.4. The fourth-order valence-electron chi connectivity index (χ4n) is 2.68. The average Bonchev–Trinajstić information content (AvgIpc) is 2.48. The van der Waals surface area contributed by atoms with E-state index >= 15 is 0 Å². The lowest BCUT2D eigenvalue weighted by atomic mass is 9.96. The molecular formula is C15H30N4O3. The minimum atomic E-state index is -0.666. The maximum Gasteiger partial charge on any atom is 0.312 e. The Bertz CT molecular complexity index is 355. The molecule has 3 amide bonds. The van der Waals surface area contributed by atoms with Gasteiger partial charge in [0.2, 0.25) is 5.91 Å². The molecule has 0 spiro atoms. The Morgan fingerprint density at radius 2 is 1.95 bits per heavy atom. The maximum absolute atomic E-state index is 12.2. The zero-order chi connectivity index (χ0) is 16.5. The van der Waals surface area contributed by atoms with Crippen LogP contribution >= 0.6 is 0 Å². The van der Waals surface area contributed by atoms with Gasteiger partial charge in [0.05, 0.1) is 6.61 Å². The normalized spacial score (nSPS) is 18.2. The number of primary amides is 1. The number of nitrogens with zero attached hydrogens (tertiary/aromatic N) is 1. The molecule has 1 atom stereocenters. The molecule has 0 aromatic rings. The highest BCUT2D eigenvalue weighted by Crippen LogP contribution is 2.16. The van der Waals surface area contributed by atoms with Crippen molar-refractivity contribution in [1.82, 2.24) is 15.5 Å². The van der Waals surface area contributed by atoms with Crippen LogP contribution in [0, 0.1) is 11.8 Å². The third kappa shape index (κ3) is 6.62. The van der Waals surface area contributed by atoms with Crippen LogP contribution in [0.5, 0.6) is 0 Å². The Morgan fingerprint density at radius 3 is 2.45 bits per heavy atom. The summed E-state index contributed by atoms with van der Waals surface area (Å²) in [4.78, 5) is 25.5. The van der Waals surface area contributed by atoms with E-state index in [1.807, 2.05) is 13.8 Å². The van der Waals surface area contributed by atoms with Gasteiger partial charge in [-0.3, -0.25) is 4.79 Å². The number of hydrogen-bond acceptors (Lipinski definition) is 4. The molecule has 1 heterocycles. The van der Waals surface area contributed by atoms with Crippen LogP contribution in [0.1, 0.15) is 26.7 Å². The van der Waals surface area contributed by atoms with Gasteiger partial charge < -0.3 is 26.0 Å². The first-order valence-corrected chi connectivity index (χ1v) is 7.99. The fourth-order valence-corrected chi connectivity index (χ4v) is 2.68. The fraction of sp³-hybridized carbons (Fsp3) is 0.867. The van der Waals surface area contributed by atoms with Gasteiger partial charge >= 0.3 is 6.03 Å². The van der Waals surface area contributed by atoms with Gasteiger partial charge in [0, 0.05) is 20.2 Å². The first kappa shape index (κ1) is 18.7. The van der Waals surface area contributed by atoms with Gasteiger partial charge in [-0.2, -0.15) is 0 Å². The van der Waals surface area contributed by atoms with E-state index in [9.17, 15) is 9.59 Å². The molecule has 0 aromatic carbocycles. The molecule has 0 radical (unpaired) electrons. The second-order valence-corrected chi connectivity index (χ2v) is 6.25. The standard InChI is InChI=1S/C15H30N4O3/c1-11(2)13(18-15(16)21)14(20)17-10-12-4-6-19(7-5-12)8-9-22-3/h11-13H,4-10H2,1-3H3,(H,17,20)(H3,16,18,21). The number of methoxy groups -OCH3 is 1. The molecule has 1 aliphatic heterocycles. The van der Waals surface area contributed by atoms with Crippen LogP contribution in [0.3, 0.4) is 0 Å². The summed E-state index contributed by atoms with van der Waals surface area (Å²) >= 11 is 0. The predicted molar refractivity (Wildman–Crippen MR) is 85.4 cm³/mol. The van der Waals surface area contributed by atoms with E-state index in [1.54, 1.807) is 7.11 Å². The molecule has 1 rings (SSSR count). The number of carbonyl (C=O) groups is 2. The largest absolute Gasteiger partial charge is 0.383 e. The Hall–Kier alpha value is -1.34. The maximum atomic E-state index is 12.2.